The van der Waals surface area contributed by atoms with Gasteiger partial charge in [-0.3, -0.25) is 9.59 Å². The number of carbonyl (C=O) groups excluding carboxylic acids is 1. The lowest BCUT2D eigenvalue weighted by Crippen LogP contribution is -2.36. The quantitative estimate of drug-likeness (QED) is 0.450. The minimum Gasteiger partial charge on any atom is -0.497 e. The van der Waals surface area contributed by atoms with Gasteiger partial charge in [-0.15, -0.1) is 0 Å². The molecule has 4 aromatic rings. The molecule has 1 aliphatic heterocycles. The number of nitrogens with zero attached hydrogens (tertiary/aromatic N) is 4. The van der Waals surface area contributed by atoms with Crippen molar-refractivity contribution in [2.45, 2.75) is 19.0 Å². The first kappa shape index (κ1) is 23.0. The predicted octanol–water partition coefficient (Wildman–Crippen LogP) is 3.48. The van der Waals surface area contributed by atoms with Gasteiger partial charge in [-0.05, 0) is 29.3 Å². The number of carboxylic acids is 1. The lowest BCUT2D eigenvalue weighted by Gasteiger charge is -2.22. The molecule has 0 bridgehead atoms. The number of hydrazone groups is 1. The van der Waals surface area contributed by atoms with Crippen LogP contribution in [-0.2, 0) is 11.3 Å². The Kier molecular flexibility index (Phi) is 6.03. The Morgan fingerprint density at radius 3 is 2.31 bits per heavy atom. The summed E-state index contributed by atoms with van der Waals surface area (Å²) >= 11 is 0. The summed E-state index contributed by atoms with van der Waals surface area (Å²) in [6, 6.07) is 22.8. The van der Waals surface area contributed by atoms with E-state index in [-0.39, 0.29) is 16.5 Å². The average molecular weight is 482 g/mol. The monoisotopic (exact) mass is 482 g/mol. The number of methoxy groups -OCH3 is 1. The van der Waals surface area contributed by atoms with Gasteiger partial charge in [-0.25, -0.2) is 14.5 Å². The highest BCUT2D eigenvalue weighted by Gasteiger charge is 2.33. The number of hydrogen-bond acceptors (Lipinski definition) is 6. The van der Waals surface area contributed by atoms with Crippen LogP contribution in [0.2, 0.25) is 0 Å². The first-order chi connectivity index (χ1) is 17.5. The van der Waals surface area contributed by atoms with Crippen LogP contribution in [0.15, 0.2) is 88.8 Å². The lowest BCUT2D eigenvalue weighted by atomic mass is 9.98. The molecule has 1 aromatic heterocycles. The van der Waals surface area contributed by atoms with Crippen molar-refractivity contribution < 1.29 is 19.4 Å². The molecule has 180 valence electrons. The highest BCUT2D eigenvalue weighted by molar-refractivity contribution is 6.03. The standard InChI is InChI=1S/C27H22N4O5/c1-36-19-13-11-18(12-14-19)23-15-22(17-7-3-2-4-8-17)28-31(23)24(32)16-30-26(33)21-10-6-5-9-20(21)25(29-30)27(34)35/h2-14,23H,15-16H2,1H3,(H,34,35)/t23-/m0/s1. The summed E-state index contributed by atoms with van der Waals surface area (Å²) in [6.45, 7) is -0.456. The van der Waals surface area contributed by atoms with Gasteiger partial charge in [0.1, 0.15) is 12.3 Å². The van der Waals surface area contributed by atoms with Gasteiger partial charge in [0.05, 0.1) is 24.2 Å². The lowest BCUT2D eigenvalue weighted by molar-refractivity contribution is -0.133. The van der Waals surface area contributed by atoms with Gasteiger partial charge in [-0.1, -0.05) is 60.7 Å². The highest BCUT2D eigenvalue weighted by Crippen LogP contribution is 2.33. The SMILES string of the molecule is COc1ccc([C@@H]2CC(c3ccccc3)=NN2C(=O)Cn2nc(C(=O)O)c3ccccc3c2=O)cc1. The van der Waals surface area contributed by atoms with Crippen molar-refractivity contribution in [1.82, 2.24) is 14.8 Å². The van der Waals surface area contributed by atoms with E-state index < -0.39 is 30.0 Å². The average Bonchev–Trinajstić information content (AvgIpc) is 3.36. The molecule has 0 aliphatic carbocycles. The van der Waals surface area contributed by atoms with Crippen LogP contribution in [0.5, 0.6) is 5.75 Å². The Morgan fingerprint density at radius 2 is 1.64 bits per heavy atom. The van der Waals surface area contributed by atoms with Gasteiger partial charge in [0.2, 0.25) is 0 Å². The van der Waals surface area contributed by atoms with Crippen molar-refractivity contribution in [3.8, 4) is 5.75 Å². The fraction of sp³-hybridized carbons (Fsp3) is 0.148. The molecule has 36 heavy (non-hydrogen) atoms. The van der Waals surface area contributed by atoms with E-state index >= 15 is 0 Å². The van der Waals surface area contributed by atoms with Crippen LogP contribution >= 0.6 is 0 Å². The summed E-state index contributed by atoms with van der Waals surface area (Å²) in [7, 11) is 1.58. The van der Waals surface area contributed by atoms with Crippen molar-refractivity contribution in [3.05, 3.63) is 106 Å². The molecule has 9 nitrogen and oxygen atoms in total. The fourth-order valence-corrected chi connectivity index (χ4v) is 4.33. The highest BCUT2D eigenvalue weighted by atomic mass is 16.5. The summed E-state index contributed by atoms with van der Waals surface area (Å²) in [6.07, 6.45) is 0.475. The number of carboxylic acid groups (broad SMARTS) is 1. The van der Waals surface area contributed by atoms with E-state index in [4.69, 9.17) is 4.74 Å². The molecule has 1 aliphatic rings. The summed E-state index contributed by atoms with van der Waals surface area (Å²) in [4.78, 5) is 38.4. The third-order valence-electron chi connectivity index (χ3n) is 6.13. The summed E-state index contributed by atoms with van der Waals surface area (Å²) < 4.78 is 6.15. The molecule has 5 rings (SSSR count). The maximum absolute atomic E-state index is 13.5. The molecule has 0 radical (unpaired) electrons. The van der Waals surface area contributed by atoms with Gasteiger partial charge in [0.15, 0.2) is 5.69 Å². The molecule has 0 saturated heterocycles. The van der Waals surface area contributed by atoms with Gasteiger partial charge in [-0.2, -0.15) is 10.2 Å². The molecule has 0 saturated carbocycles. The second-order valence-electron chi connectivity index (χ2n) is 8.31. The summed E-state index contributed by atoms with van der Waals surface area (Å²) in [5.41, 5.74) is 1.63. The summed E-state index contributed by atoms with van der Waals surface area (Å²) in [5, 5.41) is 20.0. The maximum Gasteiger partial charge on any atom is 0.357 e. The Hall–Kier alpha value is -4.79. The Labute approximate surface area is 205 Å². The predicted molar refractivity (Wildman–Crippen MR) is 133 cm³/mol. The molecule has 1 amide bonds. The van der Waals surface area contributed by atoms with E-state index in [1.807, 2.05) is 54.6 Å². The van der Waals surface area contributed by atoms with E-state index in [1.165, 1.54) is 17.1 Å². The molecule has 0 fully saturated rings. The van der Waals surface area contributed by atoms with Crippen LogP contribution in [0.1, 0.15) is 34.1 Å². The van der Waals surface area contributed by atoms with Crippen LogP contribution < -0.4 is 10.3 Å². The first-order valence-electron chi connectivity index (χ1n) is 11.3. The number of fused-ring (bicyclic) bond motifs is 1. The molecule has 1 atom stereocenters. The minimum atomic E-state index is -1.28. The summed E-state index contributed by atoms with van der Waals surface area (Å²) in [5.74, 6) is -1.08. The number of benzene rings is 3. The van der Waals surface area contributed by atoms with E-state index in [0.29, 0.717) is 12.2 Å². The number of amides is 1. The Balaban J connectivity index is 1.53. The zero-order chi connectivity index (χ0) is 25.2. The fourth-order valence-electron chi connectivity index (χ4n) is 4.33. The number of rotatable bonds is 6. The van der Waals surface area contributed by atoms with Gasteiger partial charge in [0, 0.05) is 11.8 Å². The molecule has 0 unspecified atom stereocenters. The molecule has 1 N–H and O–H groups in total. The van der Waals surface area contributed by atoms with E-state index in [1.54, 1.807) is 19.2 Å². The zero-order valence-corrected chi connectivity index (χ0v) is 19.4. The normalized spacial score (nSPS) is 15.1. The molecule has 0 spiro atoms. The number of aromatic nitrogens is 2. The first-order valence-corrected chi connectivity index (χ1v) is 11.3. The van der Waals surface area contributed by atoms with E-state index in [9.17, 15) is 19.5 Å². The maximum atomic E-state index is 13.5. The molecule has 9 heteroatoms. The number of carbonyl (C=O) groups is 2. The smallest absolute Gasteiger partial charge is 0.357 e. The second-order valence-corrected chi connectivity index (χ2v) is 8.31. The van der Waals surface area contributed by atoms with E-state index in [0.717, 1.165) is 21.5 Å². The van der Waals surface area contributed by atoms with Crippen molar-refractivity contribution in [2.24, 2.45) is 5.10 Å². The molecule has 3 aromatic carbocycles. The topological polar surface area (TPSA) is 114 Å². The number of aromatic carboxylic acids is 1. The van der Waals surface area contributed by atoms with Crippen molar-refractivity contribution in [3.63, 3.8) is 0 Å². The molecular weight excluding hydrogens is 460 g/mol. The molecule has 2 heterocycles. The van der Waals surface area contributed by atoms with Crippen molar-refractivity contribution >= 4 is 28.4 Å². The van der Waals surface area contributed by atoms with Crippen LogP contribution in [0, 0.1) is 0 Å². The second kappa shape index (κ2) is 9.46. The number of ether oxygens (including phenoxy) is 1. The van der Waals surface area contributed by atoms with Gasteiger partial charge in [0.25, 0.3) is 11.5 Å². The van der Waals surface area contributed by atoms with Crippen LogP contribution in [0.25, 0.3) is 10.8 Å². The Bertz CT molecular complexity index is 1540. The minimum absolute atomic E-state index is 0.180. The largest absolute Gasteiger partial charge is 0.497 e. The third-order valence-corrected chi connectivity index (χ3v) is 6.13. The van der Waals surface area contributed by atoms with Crippen molar-refractivity contribution in [1.29, 1.82) is 0 Å². The van der Waals surface area contributed by atoms with E-state index in [2.05, 4.69) is 10.2 Å². The van der Waals surface area contributed by atoms with Gasteiger partial charge < -0.3 is 9.84 Å². The zero-order valence-electron chi connectivity index (χ0n) is 19.4. The molecular formula is C27H22N4O5. The number of hydrogen-bond donors (Lipinski definition) is 1. The van der Waals surface area contributed by atoms with Crippen LogP contribution in [0.3, 0.4) is 0 Å². The van der Waals surface area contributed by atoms with Crippen molar-refractivity contribution in [2.75, 3.05) is 7.11 Å². The third kappa shape index (κ3) is 4.22. The van der Waals surface area contributed by atoms with Crippen LogP contribution in [0.4, 0.5) is 0 Å². The Morgan fingerprint density at radius 1 is 0.972 bits per heavy atom. The van der Waals surface area contributed by atoms with Crippen LogP contribution in [-0.4, -0.2) is 44.6 Å². The van der Waals surface area contributed by atoms with Gasteiger partial charge >= 0.3 is 5.97 Å².